The van der Waals surface area contributed by atoms with Crippen molar-refractivity contribution in [3.05, 3.63) is 58.8 Å². The number of anilines is 1. The van der Waals surface area contributed by atoms with Crippen LogP contribution in [0.3, 0.4) is 0 Å². The number of H-pyrrole nitrogens is 1. The Hall–Kier alpha value is -2.56. The van der Waals surface area contributed by atoms with Crippen LogP contribution in [-0.2, 0) is 0 Å². The summed E-state index contributed by atoms with van der Waals surface area (Å²) in [5, 5.41) is 0. The maximum atomic E-state index is 13.2. The minimum absolute atomic E-state index is 0.276. The second-order valence-electron chi connectivity index (χ2n) is 4.84. The molecule has 1 aromatic heterocycles. The standard InChI is InChI=1S/C15H14FN3O/c1-18(2)11-4-3-5-12(9-11)19-14-7-6-10(16)8-13(14)17-15(19)20/h3-9H,1-2H3,(H,17,20). The SMILES string of the molecule is CN(C)c1cccc(-n2c(=O)[nH]c3cc(F)ccc32)c1. The van der Waals surface area contributed by atoms with Crippen molar-refractivity contribution in [2.24, 2.45) is 0 Å². The average molecular weight is 271 g/mol. The van der Waals surface area contributed by atoms with E-state index in [1.54, 1.807) is 10.6 Å². The van der Waals surface area contributed by atoms with E-state index in [-0.39, 0.29) is 11.5 Å². The molecular weight excluding hydrogens is 257 g/mol. The van der Waals surface area contributed by atoms with Gasteiger partial charge in [0.1, 0.15) is 5.82 Å². The third kappa shape index (κ3) is 1.97. The molecule has 0 aliphatic heterocycles. The molecule has 0 atom stereocenters. The lowest BCUT2D eigenvalue weighted by molar-refractivity contribution is 0.629. The largest absolute Gasteiger partial charge is 0.378 e. The van der Waals surface area contributed by atoms with Gasteiger partial charge in [-0.2, -0.15) is 0 Å². The third-order valence-corrected chi connectivity index (χ3v) is 3.25. The van der Waals surface area contributed by atoms with Crippen molar-refractivity contribution in [3.8, 4) is 5.69 Å². The number of nitrogens with zero attached hydrogens (tertiary/aromatic N) is 2. The summed E-state index contributed by atoms with van der Waals surface area (Å²) in [5.74, 6) is -0.368. The number of benzene rings is 2. The summed E-state index contributed by atoms with van der Waals surface area (Å²) in [6.45, 7) is 0. The van der Waals surface area contributed by atoms with Gasteiger partial charge in [0.05, 0.1) is 16.7 Å². The monoisotopic (exact) mass is 271 g/mol. The number of hydrogen-bond acceptors (Lipinski definition) is 2. The van der Waals surface area contributed by atoms with Gasteiger partial charge in [-0.05, 0) is 36.4 Å². The molecule has 0 saturated heterocycles. The van der Waals surface area contributed by atoms with Gasteiger partial charge in [-0.3, -0.25) is 4.57 Å². The van der Waals surface area contributed by atoms with Crippen LogP contribution in [0.25, 0.3) is 16.7 Å². The van der Waals surface area contributed by atoms with E-state index in [9.17, 15) is 9.18 Å². The minimum atomic E-state index is -0.368. The Bertz CT molecular complexity index is 832. The van der Waals surface area contributed by atoms with Crippen LogP contribution in [-0.4, -0.2) is 23.6 Å². The van der Waals surface area contributed by atoms with Crippen LogP contribution in [0.2, 0.25) is 0 Å². The predicted molar refractivity (Wildman–Crippen MR) is 78.2 cm³/mol. The van der Waals surface area contributed by atoms with Crippen molar-refractivity contribution < 1.29 is 4.39 Å². The number of aromatic amines is 1. The summed E-state index contributed by atoms with van der Waals surface area (Å²) in [6, 6.07) is 11.9. The molecule has 0 unspecified atom stereocenters. The van der Waals surface area contributed by atoms with Crippen molar-refractivity contribution >= 4 is 16.7 Å². The van der Waals surface area contributed by atoms with E-state index < -0.39 is 0 Å². The second-order valence-corrected chi connectivity index (χ2v) is 4.84. The van der Waals surface area contributed by atoms with E-state index in [1.807, 2.05) is 43.3 Å². The molecule has 0 bridgehead atoms. The summed E-state index contributed by atoms with van der Waals surface area (Å²) >= 11 is 0. The topological polar surface area (TPSA) is 41.0 Å². The minimum Gasteiger partial charge on any atom is -0.378 e. The highest BCUT2D eigenvalue weighted by Crippen LogP contribution is 2.20. The van der Waals surface area contributed by atoms with Crippen molar-refractivity contribution in [1.29, 1.82) is 0 Å². The molecular formula is C15H14FN3O. The van der Waals surface area contributed by atoms with Crippen molar-refractivity contribution in [1.82, 2.24) is 9.55 Å². The van der Waals surface area contributed by atoms with E-state index in [4.69, 9.17) is 0 Å². The van der Waals surface area contributed by atoms with Crippen molar-refractivity contribution in [2.75, 3.05) is 19.0 Å². The lowest BCUT2D eigenvalue weighted by atomic mass is 10.2. The zero-order chi connectivity index (χ0) is 14.3. The van der Waals surface area contributed by atoms with Crippen LogP contribution in [0, 0.1) is 5.82 Å². The summed E-state index contributed by atoms with van der Waals surface area (Å²) < 4.78 is 14.8. The quantitative estimate of drug-likeness (QED) is 0.778. The molecule has 3 aromatic rings. The summed E-state index contributed by atoms with van der Waals surface area (Å²) in [7, 11) is 3.87. The maximum absolute atomic E-state index is 13.2. The fraction of sp³-hybridized carbons (Fsp3) is 0.133. The smallest absolute Gasteiger partial charge is 0.331 e. The Morgan fingerprint density at radius 2 is 1.95 bits per heavy atom. The molecule has 2 aromatic carbocycles. The molecule has 0 aliphatic rings. The van der Waals surface area contributed by atoms with Crippen LogP contribution in [0.4, 0.5) is 10.1 Å². The first kappa shape index (κ1) is 12.5. The average Bonchev–Trinajstić information content (AvgIpc) is 2.73. The molecule has 102 valence electrons. The number of hydrogen-bond donors (Lipinski definition) is 1. The predicted octanol–water partition coefficient (Wildman–Crippen LogP) is 2.52. The van der Waals surface area contributed by atoms with Gasteiger partial charge < -0.3 is 9.88 Å². The van der Waals surface area contributed by atoms with Crippen molar-refractivity contribution in [2.45, 2.75) is 0 Å². The lowest BCUT2D eigenvalue weighted by Gasteiger charge is -2.13. The molecule has 4 nitrogen and oxygen atoms in total. The molecule has 20 heavy (non-hydrogen) atoms. The zero-order valence-electron chi connectivity index (χ0n) is 11.2. The first-order valence-corrected chi connectivity index (χ1v) is 6.24. The number of aromatic nitrogens is 2. The van der Waals surface area contributed by atoms with Gasteiger partial charge in [-0.15, -0.1) is 0 Å². The van der Waals surface area contributed by atoms with Crippen LogP contribution in [0.1, 0.15) is 0 Å². The molecule has 0 spiro atoms. The highest BCUT2D eigenvalue weighted by Gasteiger charge is 2.10. The molecule has 0 aliphatic carbocycles. The Balaban J connectivity index is 2.26. The summed E-state index contributed by atoms with van der Waals surface area (Å²) in [6.07, 6.45) is 0. The van der Waals surface area contributed by atoms with E-state index in [0.29, 0.717) is 11.0 Å². The number of rotatable bonds is 2. The first-order valence-electron chi connectivity index (χ1n) is 6.24. The lowest BCUT2D eigenvalue weighted by Crippen LogP contribution is -2.15. The molecule has 1 heterocycles. The maximum Gasteiger partial charge on any atom is 0.331 e. The number of fused-ring (bicyclic) bond motifs is 1. The van der Waals surface area contributed by atoms with Gasteiger partial charge in [0, 0.05) is 19.8 Å². The summed E-state index contributed by atoms with van der Waals surface area (Å²) in [4.78, 5) is 16.7. The molecule has 1 N–H and O–H groups in total. The van der Waals surface area contributed by atoms with Gasteiger partial charge in [0.15, 0.2) is 0 Å². The van der Waals surface area contributed by atoms with E-state index in [0.717, 1.165) is 11.4 Å². The van der Waals surface area contributed by atoms with Crippen LogP contribution < -0.4 is 10.6 Å². The Kier molecular flexibility index (Phi) is 2.82. The number of halogens is 1. The molecule has 3 rings (SSSR count). The van der Waals surface area contributed by atoms with E-state index >= 15 is 0 Å². The molecule has 5 heteroatoms. The fourth-order valence-corrected chi connectivity index (χ4v) is 2.25. The Morgan fingerprint density at radius 3 is 2.70 bits per heavy atom. The van der Waals surface area contributed by atoms with Crippen molar-refractivity contribution in [3.63, 3.8) is 0 Å². The molecule has 0 amide bonds. The van der Waals surface area contributed by atoms with Gasteiger partial charge in [0.25, 0.3) is 0 Å². The second kappa shape index (κ2) is 4.52. The van der Waals surface area contributed by atoms with Gasteiger partial charge in [0.2, 0.25) is 0 Å². The first-order chi connectivity index (χ1) is 9.56. The van der Waals surface area contributed by atoms with Gasteiger partial charge in [-0.1, -0.05) is 6.07 Å². The molecule has 0 fully saturated rings. The van der Waals surface area contributed by atoms with Crippen LogP contribution >= 0.6 is 0 Å². The highest BCUT2D eigenvalue weighted by molar-refractivity contribution is 5.77. The van der Waals surface area contributed by atoms with E-state index in [2.05, 4.69) is 4.98 Å². The van der Waals surface area contributed by atoms with Crippen LogP contribution in [0.5, 0.6) is 0 Å². The van der Waals surface area contributed by atoms with Crippen LogP contribution in [0.15, 0.2) is 47.3 Å². The highest BCUT2D eigenvalue weighted by atomic mass is 19.1. The van der Waals surface area contributed by atoms with Gasteiger partial charge in [-0.25, -0.2) is 9.18 Å². The number of imidazole rings is 1. The normalized spacial score (nSPS) is 10.9. The van der Waals surface area contributed by atoms with E-state index in [1.165, 1.54) is 12.1 Å². The molecule has 0 saturated carbocycles. The number of nitrogens with one attached hydrogen (secondary N) is 1. The van der Waals surface area contributed by atoms with Gasteiger partial charge >= 0.3 is 5.69 Å². The fourth-order valence-electron chi connectivity index (χ4n) is 2.25. The Morgan fingerprint density at radius 1 is 1.15 bits per heavy atom. The Labute approximate surface area is 115 Å². The third-order valence-electron chi connectivity index (χ3n) is 3.25. The molecule has 0 radical (unpaired) electrons. The zero-order valence-corrected chi connectivity index (χ0v) is 11.2. The summed E-state index contributed by atoms with van der Waals surface area (Å²) in [5.41, 5.74) is 2.61.